The van der Waals surface area contributed by atoms with E-state index in [2.05, 4.69) is 20.8 Å². The zero-order chi connectivity index (χ0) is 17.3. The number of rotatable bonds is 4. The van der Waals surface area contributed by atoms with Gasteiger partial charge in [0.1, 0.15) is 16.4 Å². The fraction of sp³-hybridized carbons (Fsp3) is 0.333. The molecule has 23 heavy (non-hydrogen) atoms. The molecule has 2 rings (SSSR count). The molecule has 0 amide bonds. The second-order valence-corrected chi connectivity index (χ2v) is 7.99. The van der Waals surface area contributed by atoms with Crippen molar-refractivity contribution in [3.63, 3.8) is 0 Å². The van der Waals surface area contributed by atoms with Gasteiger partial charge in [-0.15, -0.1) is 0 Å². The van der Waals surface area contributed by atoms with Crippen LogP contribution >= 0.6 is 0 Å². The van der Waals surface area contributed by atoms with Crippen molar-refractivity contribution in [1.82, 2.24) is 0 Å². The molecule has 0 saturated carbocycles. The average molecular weight is 334 g/mol. The van der Waals surface area contributed by atoms with Crippen LogP contribution in [0.15, 0.2) is 47.4 Å². The number of benzene rings is 2. The lowest BCUT2D eigenvalue weighted by Crippen LogP contribution is -2.12. The second kappa shape index (κ2) is 6.24. The maximum atomic E-state index is 12.4. The molecule has 0 bridgehead atoms. The third-order valence-electron chi connectivity index (χ3n) is 3.58. The quantitative estimate of drug-likeness (QED) is 0.791. The van der Waals surface area contributed by atoms with E-state index < -0.39 is 10.1 Å². The molecule has 0 aliphatic rings. The van der Waals surface area contributed by atoms with Crippen LogP contribution < -0.4 is 8.92 Å². The molecule has 4 nitrogen and oxygen atoms in total. The van der Waals surface area contributed by atoms with Gasteiger partial charge in [0.2, 0.25) is 0 Å². The molecule has 0 saturated heterocycles. The Bertz CT molecular complexity index is 785. The first-order valence-electron chi connectivity index (χ1n) is 7.33. The lowest BCUT2D eigenvalue weighted by molar-refractivity contribution is 0.411. The van der Waals surface area contributed by atoms with Gasteiger partial charge in [-0.1, -0.05) is 32.9 Å². The topological polar surface area (TPSA) is 52.6 Å². The van der Waals surface area contributed by atoms with Crippen LogP contribution in [0.4, 0.5) is 0 Å². The Morgan fingerprint density at radius 3 is 2.04 bits per heavy atom. The van der Waals surface area contributed by atoms with E-state index in [-0.39, 0.29) is 10.3 Å². The van der Waals surface area contributed by atoms with Crippen LogP contribution in [-0.2, 0) is 15.5 Å². The first kappa shape index (κ1) is 17.3. The van der Waals surface area contributed by atoms with Gasteiger partial charge in [-0.05, 0) is 53.8 Å². The molecule has 0 unspecified atom stereocenters. The molecule has 0 fully saturated rings. The third-order valence-corrected chi connectivity index (χ3v) is 4.82. The van der Waals surface area contributed by atoms with Gasteiger partial charge in [0, 0.05) is 0 Å². The average Bonchev–Trinajstić information content (AvgIpc) is 2.46. The summed E-state index contributed by atoms with van der Waals surface area (Å²) in [5.41, 5.74) is 1.85. The molecule has 2 aromatic rings. The fourth-order valence-electron chi connectivity index (χ4n) is 2.19. The van der Waals surface area contributed by atoms with Crippen molar-refractivity contribution in [3.05, 3.63) is 53.6 Å². The Morgan fingerprint density at radius 1 is 0.957 bits per heavy atom. The number of methoxy groups -OCH3 is 1. The molecule has 5 heteroatoms. The molecule has 0 aromatic heterocycles. The van der Waals surface area contributed by atoms with Gasteiger partial charge in [-0.2, -0.15) is 8.42 Å². The van der Waals surface area contributed by atoms with Crippen LogP contribution in [-0.4, -0.2) is 15.5 Å². The van der Waals surface area contributed by atoms with Crippen molar-refractivity contribution >= 4 is 10.1 Å². The van der Waals surface area contributed by atoms with E-state index in [1.807, 2.05) is 12.1 Å². The fourth-order valence-corrected chi connectivity index (χ4v) is 3.21. The summed E-state index contributed by atoms with van der Waals surface area (Å²) < 4.78 is 35.1. The monoisotopic (exact) mass is 334 g/mol. The SMILES string of the molecule is COc1ccc(S(=O)(=O)Oc2ccc(C(C)(C)C)cc2)cc1C. The van der Waals surface area contributed by atoms with E-state index in [9.17, 15) is 8.42 Å². The molecule has 0 spiro atoms. The molecule has 2 aromatic carbocycles. The smallest absolute Gasteiger partial charge is 0.339 e. The van der Waals surface area contributed by atoms with Crippen LogP contribution in [0.1, 0.15) is 31.9 Å². The van der Waals surface area contributed by atoms with Crippen molar-refractivity contribution in [2.75, 3.05) is 7.11 Å². The number of hydrogen-bond acceptors (Lipinski definition) is 4. The van der Waals surface area contributed by atoms with E-state index in [4.69, 9.17) is 8.92 Å². The molecule has 0 N–H and O–H groups in total. The van der Waals surface area contributed by atoms with E-state index in [0.29, 0.717) is 11.5 Å². The van der Waals surface area contributed by atoms with Crippen molar-refractivity contribution < 1.29 is 17.3 Å². The van der Waals surface area contributed by atoms with Gasteiger partial charge < -0.3 is 8.92 Å². The minimum Gasteiger partial charge on any atom is -0.496 e. The molecule has 0 aliphatic heterocycles. The predicted octanol–water partition coefficient (Wildman–Crippen LogP) is 4.07. The van der Waals surface area contributed by atoms with Gasteiger partial charge in [0.15, 0.2) is 0 Å². The van der Waals surface area contributed by atoms with Gasteiger partial charge in [0.05, 0.1) is 7.11 Å². The molecule has 0 radical (unpaired) electrons. The van der Waals surface area contributed by atoms with E-state index in [1.54, 1.807) is 32.2 Å². The summed E-state index contributed by atoms with van der Waals surface area (Å²) >= 11 is 0. The highest BCUT2D eigenvalue weighted by Gasteiger charge is 2.19. The number of aryl methyl sites for hydroxylation is 1. The van der Waals surface area contributed by atoms with Gasteiger partial charge in [-0.3, -0.25) is 0 Å². The van der Waals surface area contributed by atoms with Crippen LogP contribution in [0.3, 0.4) is 0 Å². The predicted molar refractivity (Wildman–Crippen MR) is 90.7 cm³/mol. The maximum Gasteiger partial charge on any atom is 0.339 e. The minimum absolute atomic E-state index is 0.00446. The van der Waals surface area contributed by atoms with Gasteiger partial charge in [0.25, 0.3) is 0 Å². The summed E-state index contributed by atoms with van der Waals surface area (Å²) in [6.45, 7) is 8.08. The van der Waals surface area contributed by atoms with Crippen LogP contribution in [0, 0.1) is 6.92 Å². The first-order chi connectivity index (χ1) is 10.6. The molecule has 0 atom stereocenters. The summed E-state index contributed by atoms with van der Waals surface area (Å²) in [6, 6.07) is 11.7. The van der Waals surface area contributed by atoms with Crippen LogP contribution in [0.2, 0.25) is 0 Å². The molecule has 124 valence electrons. The molecule has 0 heterocycles. The second-order valence-electron chi connectivity index (χ2n) is 6.44. The summed E-state index contributed by atoms with van der Waals surface area (Å²) in [7, 11) is -2.32. The first-order valence-corrected chi connectivity index (χ1v) is 8.74. The van der Waals surface area contributed by atoms with Crippen molar-refractivity contribution in [2.45, 2.75) is 38.0 Å². The zero-order valence-corrected chi connectivity index (χ0v) is 14.9. The number of ether oxygens (including phenoxy) is 1. The summed E-state index contributed by atoms with van der Waals surface area (Å²) in [4.78, 5) is 0.107. The standard InChI is InChI=1S/C18H22O4S/c1-13-12-16(10-11-17(13)21-5)23(19,20)22-15-8-6-14(7-9-15)18(2,3)4/h6-12H,1-5H3. The Hall–Kier alpha value is -2.01. The summed E-state index contributed by atoms with van der Waals surface area (Å²) in [5.74, 6) is 0.935. The largest absolute Gasteiger partial charge is 0.496 e. The highest BCUT2D eigenvalue weighted by Crippen LogP contribution is 2.27. The van der Waals surface area contributed by atoms with E-state index >= 15 is 0 Å². The highest BCUT2D eigenvalue weighted by atomic mass is 32.2. The van der Waals surface area contributed by atoms with E-state index in [1.165, 1.54) is 12.1 Å². The minimum atomic E-state index is -3.86. The van der Waals surface area contributed by atoms with Crippen molar-refractivity contribution in [3.8, 4) is 11.5 Å². The van der Waals surface area contributed by atoms with Gasteiger partial charge >= 0.3 is 10.1 Å². The maximum absolute atomic E-state index is 12.4. The van der Waals surface area contributed by atoms with Crippen molar-refractivity contribution in [1.29, 1.82) is 0 Å². The zero-order valence-electron chi connectivity index (χ0n) is 14.1. The Labute approximate surface area is 138 Å². The lowest BCUT2D eigenvalue weighted by Gasteiger charge is -2.19. The number of hydrogen-bond donors (Lipinski definition) is 0. The van der Waals surface area contributed by atoms with Gasteiger partial charge in [-0.25, -0.2) is 0 Å². The lowest BCUT2D eigenvalue weighted by atomic mass is 9.87. The Morgan fingerprint density at radius 2 is 1.57 bits per heavy atom. The Kier molecular flexibility index (Phi) is 4.71. The van der Waals surface area contributed by atoms with Crippen LogP contribution in [0.5, 0.6) is 11.5 Å². The summed E-state index contributed by atoms with van der Waals surface area (Å²) in [6.07, 6.45) is 0. The van der Waals surface area contributed by atoms with Crippen molar-refractivity contribution in [2.24, 2.45) is 0 Å². The molecular weight excluding hydrogens is 312 g/mol. The Balaban J connectivity index is 2.26. The summed E-state index contributed by atoms with van der Waals surface area (Å²) in [5, 5.41) is 0. The third kappa shape index (κ3) is 4.05. The molecular formula is C18H22O4S. The highest BCUT2D eigenvalue weighted by molar-refractivity contribution is 7.87. The molecule has 0 aliphatic carbocycles. The van der Waals surface area contributed by atoms with E-state index in [0.717, 1.165) is 11.1 Å². The normalized spacial score (nSPS) is 12.0. The van der Waals surface area contributed by atoms with Crippen LogP contribution in [0.25, 0.3) is 0 Å².